The average molecular weight is 312 g/mol. The number of carbonyl (C=O) groups is 2. The highest BCUT2D eigenvalue weighted by molar-refractivity contribution is 7.14. The Hall–Kier alpha value is -1.64. The SMILES string of the molecule is COC(=O)NC1CCN(Cc2cc(C(=O)NN)sc2C)C1. The lowest BCUT2D eigenvalue weighted by Gasteiger charge is -2.16. The van der Waals surface area contributed by atoms with E-state index in [1.807, 2.05) is 13.0 Å². The molecular formula is C13H20N4O3S. The Morgan fingerprint density at radius 3 is 3.00 bits per heavy atom. The van der Waals surface area contributed by atoms with Crippen LogP contribution in [-0.2, 0) is 11.3 Å². The van der Waals surface area contributed by atoms with Crippen molar-refractivity contribution in [3.63, 3.8) is 0 Å². The maximum absolute atomic E-state index is 11.5. The van der Waals surface area contributed by atoms with Crippen molar-refractivity contribution in [2.75, 3.05) is 20.2 Å². The van der Waals surface area contributed by atoms with Crippen molar-refractivity contribution >= 4 is 23.3 Å². The van der Waals surface area contributed by atoms with E-state index in [2.05, 4.69) is 20.4 Å². The highest BCUT2D eigenvalue weighted by Crippen LogP contribution is 2.24. The van der Waals surface area contributed by atoms with Gasteiger partial charge < -0.3 is 10.1 Å². The van der Waals surface area contributed by atoms with Gasteiger partial charge in [-0.3, -0.25) is 15.1 Å². The van der Waals surface area contributed by atoms with E-state index < -0.39 is 6.09 Å². The van der Waals surface area contributed by atoms with Gasteiger partial charge in [-0.1, -0.05) is 0 Å². The summed E-state index contributed by atoms with van der Waals surface area (Å²) in [5.74, 6) is 4.89. The van der Waals surface area contributed by atoms with Crippen molar-refractivity contribution in [3.8, 4) is 0 Å². The number of ether oxygens (including phenoxy) is 1. The number of nitrogens with zero attached hydrogens (tertiary/aromatic N) is 1. The molecule has 1 aromatic heterocycles. The summed E-state index contributed by atoms with van der Waals surface area (Å²) >= 11 is 1.44. The minimum Gasteiger partial charge on any atom is -0.453 e. The molecule has 8 heteroatoms. The third kappa shape index (κ3) is 3.93. The second-order valence-corrected chi connectivity index (χ2v) is 6.28. The summed E-state index contributed by atoms with van der Waals surface area (Å²) in [5.41, 5.74) is 3.27. The van der Waals surface area contributed by atoms with Crippen molar-refractivity contribution in [1.29, 1.82) is 0 Å². The van der Waals surface area contributed by atoms with Gasteiger partial charge in [-0.05, 0) is 25.0 Å². The van der Waals surface area contributed by atoms with Gasteiger partial charge in [0.25, 0.3) is 5.91 Å². The van der Waals surface area contributed by atoms with E-state index in [0.717, 1.165) is 36.5 Å². The van der Waals surface area contributed by atoms with E-state index in [-0.39, 0.29) is 11.9 Å². The Balaban J connectivity index is 1.92. The second-order valence-electron chi connectivity index (χ2n) is 5.02. The third-order valence-electron chi connectivity index (χ3n) is 3.55. The summed E-state index contributed by atoms with van der Waals surface area (Å²) in [6.07, 6.45) is 0.504. The lowest BCUT2D eigenvalue weighted by Crippen LogP contribution is -2.36. The third-order valence-corrected chi connectivity index (χ3v) is 4.64. The summed E-state index contributed by atoms with van der Waals surface area (Å²) in [6.45, 7) is 4.44. The molecule has 116 valence electrons. The summed E-state index contributed by atoms with van der Waals surface area (Å²) in [7, 11) is 1.36. The Morgan fingerprint density at radius 2 is 2.33 bits per heavy atom. The predicted molar refractivity (Wildman–Crippen MR) is 79.9 cm³/mol. The van der Waals surface area contributed by atoms with E-state index in [1.54, 1.807) is 0 Å². The van der Waals surface area contributed by atoms with Crippen molar-refractivity contribution < 1.29 is 14.3 Å². The number of aryl methyl sites for hydroxylation is 1. The summed E-state index contributed by atoms with van der Waals surface area (Å²) < 4.78 is 4.60. The highest BCUT2D eigenvalue weighted by atomic mass is 32.1. The Morgan fingerprint density at radius 1 is 1.57 bits per heavy atom. The van der Waals surface area contributed by atoms with Crippen LogP contribution in [0.25, 0.3) is 0 Å². The quantitative estimate of drug-likeness (QED) is 0.429. The van der Waals surface area contributed by atoms with Crippen LogP contribution in [0.2, 0.25) is 0 Å². The first-order valence-corrected chi connectivity index (χ1v) is 7.52. The first kappa shape index (κ1) is 15.7. The zero-order valence-electron chi connectivity index (χ0n) is 12.1. The van der Waals surface area contributed by atoms with Crippen LogP contribution in [0.15, 0.2) is 6.07 Å². The van der Waals surface area contributed by atoms with Gasteiger partial charge in [0.05, 0.1) is 12.0 Å². The number of alkyl carbamates (subject to hydrolysis) is 1. The molecule has 1 atom stereocenters. The smallest absolute Gasteiger partial charge is 0.407 e. The van der Waals surface area contributed by atoms with E-state index in [9.17, 15) is 9.59 Å². The number of thiophene rings is 1. The van der Waals surface area contributed by atoms with Crippen LogP contribution >= 0.6 is 11.3 Å². The number of nitrogens with two attached hydrogens (primary N) is 1. The number of nitrogens with one attached hydrogen (secondary N) is 2. The molecular weight excluding hydrogens is 292 g/mol. The van der Waals surface area contributed by atoms with E-state index >= 15 is 0 Å². The number of methoxy groups -OCH3 is 1. The van der Waals surface area contributed by atoms with Gasteiger partial charge in [-0.15, -0.1) is 11.3 Å². The summed E-state index contributed by atoms with van der Waals surface area (Å²) in [6, 6.07) is 1.99. The topological polar surface area (TPSA) is 96.7 Å². The molecule has 1 aromatic rings. The van der Waals surface area contributed by atoms with Gasteiger partial charge in [-0.25, -0.2) is 10.6 Å². The molecule has 0 radical (unpaired) electrons. The maximum atomic E-state index is 11.5. The highest BCUT2D eigenvalue weighted by Gasteiger charge is 2.25. The Labute approximate surface area is 127 Å². The number of hydrogen-bond acceptors (Lipinski definition) is 6. The van der Waals surface area contributed by atoms with Crippen LogP contribution in [-0.4, -0.2) is 43.1 Å². The van der Waals surface area contributed by atoms with Gasteiger partial charge in [0.1, 0.15) is 0 Å². The van der Waals surface area contributed by atoms with Crippen LogP contribution in [0.1, 0.15) is 26.5 Å². The fourth-order valence-electron chi connectivity index (χ4n) is 2.42. The molecule has 0 spiro atoms. The summed E-state index contributed by atoms with van der Waals surface area (Å²) in [4.78, 5) is 26.7. The maximum Gasteiger partial charge on any atom is 0.407 e. The largest absolute Gasteiger partial charge is 0.453 e. The molecule has 0 saturated carbocycles. The standard InChI is InChI=1S/C13H20N4O3S/c1-8-9(5-11(21-8)12(18)16-14)6-17-4-3-10(7-17)15-13(19)20-2/h5,10H,3-4,6-7,14H2,1-2H3,(H,15,19)(H,16,18). The van der Waals surface area contributed by atoms with Crippen molar-refractivity contribution in [1.82, 2.24) is 15.6 Å². The lowest BCUT2D eigenvalue weighted by molar-refractivity contribution is 0.0957. The molecule has 0 aromatic carbocycles. The van der Waals surface area contributed by atoms with E-state index in [4.69, 9.17) is 5.84 Å². The van der Waals surface area contributed by atoms with Gasteiger partial charge in [-0.2, -0.15) is 0 Å². The molecule has 7 nitrogen and oxygen atoms in total. The molecule has 1 unspecified atom stereocenters. The minimum atomic E-state index is -0.393. The molecule has 21 heavy (non-hydrogen) atoms. The number of hydrogen-bond donors (Lipinski definition) is 3. The zero-order chi connectivity index (χ0) is 15.4. The first-order chi connectivity index (χ1) is 10.0. The Kier molecular flexibility index (Phi) is 5.16. The monoisotopic (exact) mass is 312 g/mol. The van der Waals surface area contributed by atoms with Crippen LogP contribution in [0.4, 0.5) is 4.79 Å². The van der Waals surface area contributed by atoms with Crippen molar-refractivity contribution in [2.24, 2.45) is 5.84 Å². The van der Waals surface area contributed by atoms with Crippen molar-refractivity contribution in [3.05, 3.63) is 21.4 Å². The molecule has 4 N–H and O–H groups in total. The molecule has 1 saturated heterocycles. The number of amides is 2. The minimum absolute atomic E-state index is 0.114. The average Bonchev–Trinajstić information content (AvgIpc) is 3.06. The van der Waals surface area contributed by atoms with Gasteiger partial charge in [0.15, 0.2) is 0 Å². The first-order valence-electron chi connectivity index (χ1n) is 6.70. The zero-order valence-corrected chi connectivity index (χ0v) is 13.0. The molecule has 0 bridgehead atoms. The van der Waals surface area contributed by atoms with Gasteiger partial charge in [0.2, 0.25) is 0 Å². The van der Waals surface area contributed by atoms with Gasteiger partial charge in [0, 0.05) is 30.6 Å². The normalized spacial score (nSPS) is 18.5. The number of nitrogen functional groups attached to an aromatic ring is 1. The molecule has 0 aliphatic carbocycles. The van der Waals surface area contributed by atoms with Gasteiger partial charge >= 0.3 is 6.09 Å². The van der Waals surface area contributed by atoms with E-state index in [0.29, 0.717) is 4.88 Å². The van der Waals surface area contributed by atoms with Crippen LogP contribution in [0.3, 0.4) is 0 Å². The summed E-state index contributed by atoms with van der Waals surface area (Å²) in [5, 5.41) is 2.81. The fraction of sp³-hybridized carbons (Fsp3) is 0.538. The molecule has 1 fully saturated rings. The molecule has 1 aliphatic heterocycles. The number of hydrazine groups is 1. The lowest BCUT2D eigenvalue weighted by atomic mass is 10.2. The molecule has 1 aliphatic rings. The Bertz CT molecular complexity index is 531. The predicted octanol–water partition coefficient (Wildman–Crippen LogP) is 0.590. The van der Waals surface area contributed by atoms with Crippen molar-refractivity contribution in [2.45, 2.75) is 25.9 Å². The molecule has 2 heterocycles. The second kappa shape index (κ2) is 6.88. The molecule has 2 amide bonds. The van der Waals surface area contributed by atoms with E-state index in [1.165, 1.54) is 18.4 Å². The number of likely N-dealkylation sites (tertiary alicyclic amines) is 1. The number of carbonyl (C=O) groups excluding carboxylic acids is 2. The van der Waals surface area contributed by atoms with Crippen LogP contribution in [0, 0.1) is 6.92 Å². The molecule has 2 rings (SSSR count). The number of rotatable bonds is 4. The van der Waals surface area contributed by atoms with Crippen LogP contribution < -0.4 is 16.6 Å². The van der Waals surface area contributed by atoms with Crippen LogP contribution in [0.5, 0.6) is 0 Å². The fourth-order valence-corrected chi connectivity index (χ4v) is 3.36.